The summed E-state index contributed by atoms with van der Waals surface area (Å²) in [6.07, 6.45) is 6.97. The van der Waals surface area contributed by atoms with Gasteiger partial charge in [0.1, 0.15) is 11.6 Å². The molecule has 2 aromatic carbocycles. The Balaban J connectivity index is 1.32. The quantitative estimate of drug-likeness (QED) is 0.495. The van der Waals surface area contributed by atoms with Gasteiger partial charge in [0.15, 0.2) is 0 Å². The summed E-state index contributed by atoms with van der Waals surface area (Å²) < 4.78 is 20.6. The van der Waals surface area contributed by atoms with E-state index >= 15 is 0 Å². The Morgan fingerprint density at radius 1 is 1.21 bits per heavy atom. The zero-order valence-electron chi connectivity index (χ0n) is 18.6. The van der Waals surface area contributed by atoms with Gasteiger partial charge in [-0.15, -0.1) is 0 Å². The molecule has 1 fully saturated rings. The van der Waals surface area contributed by atoms with Crippen LogP contribution in [0.15, 0.2) is 54.9 Å². The Hall–Kier alpha value is -3.25. The molecule has 170 valence electrons. The second-order valence-corrected chi connectivity index (χ2v) is 9.12. The molecule has 0 saturated heterocycles. The van der Waals surface area contributed by atoms with Gasteiger partial charge in [-0.2, -0.15) is 0 Å². The number of carboxylic acids is 1. The molecule has 1 aliphatic heterocycles. The minimum Gasteiger partial charge on any atom is -0.493 e. The number of fused-ring (bicyclic) bond motifs is 1. The van der Waals surface area contributed by atoms with Crippen LogP contribution in [-0.4, -0.2) is 34.6 Å². The Labute approximate surface area is 192 Å². The number of aromatic nitrogens is 1. The zero-order valence-corrected chi connectivity index (χ0v) is 18.6. The van der Waals surface area contributed by atoms with Crippen molar-refractivity contribution in [3.8, 4) is 16.9 Å². The van der Waals surface area contributed by atoms with Crippen molar-refractivity contribution in [3.63, 3.8) is 0 Å². The van der Waals surface area contributed by atoms with Crippen LogP contribution in [0.2, 0.25) is 0 Å². The normalized spacial score (nSPS) is 17.7. The molecule has 3 aromatic rings. The number of hydrogen-bond donors (Lipinski definition) is 1. The molecule has 1 saturated carbocycles. The predicted octanol–water partition coefficient (Wildman–Crippen LogP) is 5.49. The van der Waals surface area contributed by atoms with Crippen LogP contribution >= 0.6 is 0 Å². The predicted molar refractivity (Wildman–Crippen MR) is 124 cm³/mol. The molecule has 1 aliphatic carbocycles. The maximum absolute atomic E-state index is 14.8. The van der Waals surface area contributed by atoms with Crippen LogP contribution in [0, 0.1) is 11.7 Å². The molecule has 6 heteroatoms. The van der Waals surface area contributed by atoms with E-state index in [-0.39, 0.29) is 11.9 Å². The Morgan fingerprint density at radius 2 is 2.06 bits per heavy atom. The standard InChI is InChI=1S/C27H27FN2O3/c1-30-15-20-12-18(22-8-6-21(13-25(22)28)33-16-17-2-3-17)4-7-23(20)26(30)9-5-19-14-29-11-10-24(19)27(31)32/h4,6-8,10-14,17,26H,2-3,5,9,15-16H2,1H3,(H,31,32)/t26-/m0/s1. The lowest BCUT2D eigenvalue weighted by molar-refractivity contribution is 0.0695. The van der Waals surface area contributed by atoms with Crippen molar-refractivity contribution in [1.29, 1.82) is 0 Å². The highest BCUT2D eigenvalue weighted by atomic mass is 19.1. The number of nitrogens with zero attached hydrogens (tertiary/aromatic N) is 2. The SMILES string of the molecule is CN1Cc2cc(-c3ccc(OCC4CC4)cc3F)ccc2[C@@H]1CCc1cnccc1C(=O)O. The number of pyridine rings is 1. The van der Waals surface area contributed by atoms with Crippen LogP contribution in [0.1, 0.15) is 52.4 Å². The van der Waals surface area contributed by atoms with E-state index in [1.165, 1.54) is 36.2 Å². The Morgan fingerprint density at radius 3 is 2.82 bits per heavy atom. The van der Waals surface area contributed by atoms with Crippen LogP contribution in [-0.2, 0) is 13.0 Å². The van der Waals surface area contributed by atoms with Gasteiger partial charge in [0, 0.05) is 36.6 Å². The highest BCUT2D eigenvalue weighted by Crippen LogP contribution is 2.38. The number of hydrogen-bond acceptors (Lipinski definition) is 4. The van der Waals surface area contributed by atoms with Crippen LogP contribution in [0.25, 0.3) is 11.1 Å². The molecular formula is C27H27FN2O3. The fraction of sp³-hybridized carbons (Fsp3) is 0.333. The lowest BCUT2D eigenvalue weighted by Gasteiger charge is -2.20. The fourth-order valence-electron chi connectivity index (χ4n) is 4.67. The third kappa shape index (κ3) is 4.62. The summed E-state index contributed by atoms with van der Waals surface area (Å²) >= 11 is 0. The van der Waals surface area contributed by atoms with Crippen LogP contribution < -0.4 is 4.74 Å². The van der Waals surface area contributed by atoms with Gasteiger partial charge in [-0.05, 0) is 85.2 Å². The van der Waals surface area contributed by atoms with Crippen molar-refractivity contribution in [1.82, 2.24) is 9.88 Å². The molecule has 5 nitrogen and oxygen atoms in total. The zero-order chi connectivity index (χ0) is 22.9. The molecule has 1 aromatic heterocycles. The molecule has 0 amide bonds. The van der Waals surface area contributed by atoms with Crippen LogP contribution in [0.3, 0.4) is 0 Å². The first-order valence-electron chi connectivity index (χ1n) is 11.4. The number of aryl methyl sites for hydroxylation is 1. The van der Waals surface area contributed by atoms with E-state index in [0.717, 1.165) is 24.1 Å². The minimum absolute atomic E-state index is 0.180. The number of ether oxygens (including phenoxy) is 1. The van der Waals surface area contributed by atoms with Gasteiger partial charge in [-0.25, -0.2) is 9.18 Å². The van der Waals surface area contributed by atoms with Gasteiger partial charge < -0.3 is 9.84 Å². The molecular weight excluding hydrogens is 419 g/mol. The number of halogens is 1. The summed E-state index contributed by atoms with van der Waals surface area (Å²) in [7, 11) is 2.07. The van der Waals surface area contributed by atoms with E-state index in [4.69, 9.17) is 4.74 Å². The molecule has 2 aliphatic rings. The highest BCUT2D eigenvalue weighted by molar-refractivity contribution is 5.89. The lowest BCUT2D eigenvalue weighted by atomic mass is 9.94. The van der Waals surface area contributed by atoms with Crippen molar-refractivity contribution in [2.45, 2.75) is 38.3 Å². The number of aromatic carboxylic acids is 1. The molecule has 0 bridgehead atoms. The minimum atomic E-state index is -0.928. The van der Waals surface area contributed by atoms with Crippen LogP contribution in [0.5, 0.6) is 5.75 Å². The van der Waals surface area contributed by atoms with Gasteiger partial charge in [0.05, 0.1) is 12.2 Å². The fourth-order valence-corrected chi connectivity index (χ4v) is 4.67. The number of carbonyl (C=O) groups is 1. The van der Waals surface area contributed by atoms with Crippen molar-refractivity contribution >= 4 is 5.97 Å². The summed E-state index contributed by atoms with van der Waals surface area (Å²) in [6, 6.07) is 13.0. The second-order valence-electron chi connectivity index (χ2n) is 9.12. The van der Waals surface area contributed by atoms with Gasteiger partial charge in [-0.3, -0.25) is 9.88 Å². The maximum Gasteiger partial charge on any atom is 0.336 e. The van der Waals surface area contributed by atoms with E-state index in [1.807, 2.05) is 12.1 Å². The summed E-state index contributed by atoms with van der Waals surface area (Å²) in [6.45, 7) is 1.44. The van der Waals surface area contributed by atoms with Gasteiger partial charge in [0.25, 0.3) is 0 Å². The van der Waals surface area contributed by atoms with Gasteiger partial charge >= 0.3 is 5.97 Å². The maximum atomic E-state index is 14.8. The Bertz CT molecular complexity index is 1190. The van der Waals surface area contributed by atoms with Crippen molar-refractivity contribution in [3.05, 3.63) is 82.9 Å². The van der Waals surface area contributed by atoms with E-state index in [9.17, 15) is 14.3 Å². The first kappa shape index (κ1) is 21.6. The number of benzene rings is 2. The molecule has 0 spiro atoms. The van der Waals surface area contributed by atoms with Crippen LogP contribution in [0.4, 0.5) is 4.39 Å². The molecule has 0 radical (unpaired) electrons. The van der Waals surface area contributed by atoms with E-state index in [2.05, 4.69) is 29.1 Å². The summed E-state index contributed by atoms with van der Waals surface area (Å²) in [5, 5.41) is 9.43. The van der Waals surface area contributed by atoms with Crippen molar-refractivity contribution in [2.24, 2.45) is 5.92 Å². The largest absolute Gasteiger partial charge is 0.493 e. The lowest BCUT2D eigenvalue weighted by Crippen LogP contribution is -2.17. The third-order valence-electron chi connectivity index (χ3n) is 6.71. The van der Waals surface area contributed by atoms with E-state index in [0.29, 0.717) is 35.8 Å². The van der Waals surface area contributed by atoms with E-state index in [1.54, 1.807) is 18.3 Å². The smallest absolute Gasteiger partial charge is 0.336 e. The first-order valence-corrected chi connectivity index (χ1v) is 11.4. The summed E-state index contributed by atoms with van der Waals surface area (Å²) in [4.78, 5) is 17.9. The highest BCUT2D eigenvalue weighted by Gasteiger charge is 2.28. The molecule has 33 heavy (non-hydrogen) atoms. The average Bonchev–Trinajstić information content (AvgIpc) is 3.58. The van der Waals surface area contributed by atoms with Crippen molar-refractivity contribution in [2.75, 3.05) is 13.7 Å². The molecule has 1 atom stereocenters. The topological polar surface area (TPSA) is 62.7 Å². The van der Waals surface area contributed by atoms with Crippen molar-refractivity contribution < 1.29 is 19.0 Å². The van der Waals surface area contributed by atoms with Gasteiger partial charge in [0.2, 0.25) is 0 Å². The number of carboxylic acid groups (broad SMARTS) is 1. The van der Waals surface area contributed by atoms with E-state index < -0.39 is 5.97 Å². The number of rotatable bonds is 8. The molecule has 0 unspecified atom stereocenters. The molecule has 5 rings (SSSR count). The molecule has 1 N–H and O–H groups in total. The monoisotopic (exact) mass is 446 g/mol. The summed E-state index contributed by atoms with van der Waals surface area (Å²) in [5.41, 5.74) is 4.87. The second kappa shape index (κ2) is 8.94. The van der Waals surface area contributed by atoms with Gasteiger partial charge in [-0.1, -0.05) is 12.1 Å². The summed E-state index contributed by atoms with van der Waals surface area (Å²) in [5.74, 6) is 0.00984. The molecule has 2 heterocycles. The average molecular weight is 447 g/mol. The third-order valence-corrected chi connectivity index (χ3v) is 6.71. The Kier molecular flexibility index (Phi) is 5.85. The first-order chi connectivity index (χ1) is 16.0.